The largest absolute Gasteiger partial charge is 0.377 e. The Balaban J connectivity index is 2.02. The highest BCUT2D eigenvalue weighted by Gasteiger charge is 2.32. The average Bonchev–Trinajstić information content (AvgIpc) is 2.95. The summed E-state index contributed by atoms with van der Waals surface area (Å²) in [5, 5.41) is 4.00. The van der Waals surface area contributed by atoms with Crippen LogP contribution in [0.3, 0.4) is 0 Å². The van der Waals surface area contributed by atoms with Gasteiger partial charge in [-0.15, -0.1) is 0 Å². The van der Waals surface area contributed by atoms with Crippen LogP contribution >= 0.6 is 0 Å². The Morgan fingerprint density at radius 3 is 3.00 bits per heavy atom. The minimum atomic E-state index is 0.113. The molecule has 3 atom stereocenters. The smallest absolute Gasteiger partial charge is 0.232 e. The van der Waals surface area contributed by atoms with E-state index in [0.717, 1.165) is 31.7 Å². The third-order valence-corrected chi connectivity index (χ3v) is 3.38. The number of hydrogen-bond donors (Lipinski definition) is 1. The molecule has 5 heteroatoms. The Labute approximate surface area is 102 Å². The zero-order chi connectivity index (χ0) is 12.3. The Hall–Kier alpha value is -0.940. The van der Waals surface area contributed by atoms with E-state index >= 15 is 0 Å². The molecule has 17 heavy (non-hydrogen) atoms. The third-order valence-electron chi connectivity index (χ3n) is 3.38. The summed E-state index contributed by atoms with van der Waals surface area (Å²) in [5.41, 5.74) is 5.87. The minimum Gasteiger partial charge on any atom is -0.377 e. The van der Waals surface area contributed by atoms with Crippen molar-refractivity contribution >= 4 is 0 Å². The number of nitrogens with two attached hydrogens (primary N) is 1. The van der Waals surface area contributed by atoms with Crippen LogP contribution in [-0.2, 0) is 11.2 Å². The highest BCUT2D eigenvalue weighted by Crippen LogP contribution is 2.31. The molecule has 0 amide bonds. The summed E-state index contributed by atoms with van der Waals surface area (Å²) in [5.74, 6) is 1.70. The van der Waals surface area contributed by atoms with Gasteiger partial charge in [-0.25, -0.2) is 0 Å². The summed E-state index contributed by atoms with van der Waals surface area (Å²) in [4.78, 5) is 4.44. The van der Waals surface area contributed by atoms with Crippen LogP contribution in [0.15, 0.2) is 4.52 Å². The number of nitrogens with zero attached hydrogens (tertiary/aromatic N) is 2. The van der Waals surface area contributed by atoms with Crippen molar-refractivity contribution in [2.75, 3.05) is 6.61 Å². The molecule has 2 N–H and O–H groups in total. The highest BCUT2D eigenvalue weighted by atomic mass is 16.5. The molecule has 0 bridgehead atoms. The van der Waals surface area contributed by atoms with Crippen LogP contribution < -0.4 is 5.73 Å². The van der Waals surface area contributed by atoms with Crippen LogP contribution in [0.1, 0.15) is 50.7 Å². The van der Waals surface area contributed by atoms with Crippen molar-refractivity contribution in [3.05, 3.63) is 11.7 Å². The van der Waals surface area contributed by atoms with Gasteiger partial charge in [-0.1, -0.05) is 19.0 Å². The Morgan fingerprint density at radius 2 is 2.29 bits per heavy atom. The summed E-state index contributed by atoms with van der Waals surface area (Å²) in [7, 11) is 0. The molecule has 0 aliphatic carbocycles. The van der Waals surface area contributed by atoms with E-state index in [1.807, 2.05) is 0 Å². The van der Waals surface area contributed by atoms with Gasteiger partial charge in [0.05, 0.1) is 12.0 Å². The van der Waals surface area contributed by atoms with Crippen molar-refractivity contribution in [1.82, 2.24) is 10.1 Å². The lowest BCUT2D eigenvalue weighted by Crippen LogP contribution is -2.22. The van der Waals surface area contributed by atoms with Crippen LogP contribution in [0.2, 0.25) is 0 Å². The van der Waals surface area contributed by atoms with Crippen molar-refractivity contribution in [2.24, 2.45) is 5.73 Å². The Morgan fingerprint density at radius 1 is 1.47 bits per heavy atom. The molecule has 96 valence electrons. The van der Waals surface area contributed by atoms with E-state index in [4.69, 9.17) is 15.0 Å². The maximum absolute atomic E-state index is 5.87. The van der Waals surface area contributed by atoms with Crippen molar-refractivity contribution in [3.63, 3.8) is 0 Å². The molecule has 5 nitrogen and oxygen atoms in total. The SMILES string of the molecule is CCC(N)Cc1noc(C2CCOC2CC)n1. The maximum atomic E-state index is 5.87. The van der Waals surface area contributed by atoms with E-state index in [9.17, 15) is 0 Å². The number of rotatable bonds is 5. The summed E-state index contributed by atoms with van der Waals surface area (Å²) < 4.78 is 11.0. The molecule has 0 radical (unpaired) electrons. The van der Waals surface area contributed by atoms with Gasteiger partial charge in [-0.2, -0.15) is 4.98 Å². The first kappa shape index (κ1) is 12.5. The first-order chi connectivity index (χ1) is 8.24. The summed E-state index contributed by atoms with van der Waals surface area (Å²) in [6.07, 6.45) is 3.79. The second-order valence-electron chi connectivity index (χ2n) is 4.63. The van der Waals surface area contributed by atoms with Crippen molar-refractivity contribution in [1.29, 1.82) is 0 Å². The van der Waals surface area contributed by atoms with Gasteiger partial charge in [0, 0.05) is 19.1 Å². The molecule has 3 unspecified atom stereocenters. The predicted octanol–water partition coefficient (Wildman–Crippen LogP) is 1.63. The van der Waals surface area contributed by atoms with Gasteiger partial charge in [0.1, 0.15) is 0 Å². The van der Waals surface area contributed by atoms with Crippen molar-refractivity contribution in [2.45, 2.75) is 57.6 Å². The van der Waals surface area contributed by atoms with E-state index in [-0.39, 0.29) is 18.1 Å². The van der Waals surface area contributed by atoms with Gasteiger partial charge in [0.15, 0.2) is 5.82 Å². The van der Waals surface area contributed by atoms with Crippen LogP contribution in [0.25, 0.3) is 0 Å². The summed E-state index contributed by atoms with van der Waals surface area (Å²) >= 11 is 0. The third kappa shape index (κ3) is 2.84. The molecule has 0 spiro atoms. The summed E-state index contributed by atoms with van der Waals surface area (Å²) in [6, 6.07) is 0.113. The highest BCUT2D eigenvalue weighted by molar-refractivity contribution is 5.00. The number of hydrogen-bond acceptors (Lipinski definition) is 5. The van der Waals surface area contributed by atoms with Crippen LogP contribution in [0.4, 0.5) is 0 Å². The van der Waals surface area contributed by atoms with E-state index in [2.05, 4.69) is 24.0 Å². The summed E-state index contributed by atoms with van der Waals surface area (Å²) in [6.45, 7) is 4.96. The maximum Gasteiger partial charge on any atom is 0.232 e. The fourth-order valence-electron chi connectivity index (χ4n) is 2.21. The van der Waals surface area contributed by atoms with Gasteiger partial charge in [0.2, 0.25) is 5.89 Å². The molecular formula is C12H21N3O2. The zero-order valence-electron chi connectivity index (χ0n) is 10.6. The van der Waals surface area contributed by atoms with Crippen LogP contribution in [-0.4, -0.2) is 28.9 Å². The first-order valence-corrected chi connectivity index (χ1v) is 6.44. The van der Waals surface area contributed by atoms with E-state index < -0.39 is 0 Å². The van der Waals surface area contributed by atoms with Crippen LogP contribution in [0.5, 0.6) is 0 Å². The van der Waals surface area contributed by atoms with Gasteiger partial charge < -0.3 is 15.0 Å². The average molecular weight is 239 g/mol. The predicted molar refractivity (Wildman–Crippen MR) is 63.7 cm³/mol. The van der Waals surface area contributed by atoms with Crippen molar-refractivity contribution in [3.8, 4) is 0 Å². The minimum absolute atomic E-state index is 0.113. The van der Waals surface area contributed by atoms with Crippen LogP contribution in [0, 0.1) is 0 Å². The molecule has 2 rings (SSSR count). The van der Waals surface area contributed by atoms with Gasteiger partial charge in [-0.3, -0.25) is 0 Å². The fourth-order valence-corrected chi connectivity index (χ4v) is 2.21. The molecule has 1 saturated heterocycles. The van der Waals surface area contributed by atoms with E-state index in [0.29, 0.717) is 12.3 Å². The molecule has 0 saturated carbocycles. The topological polar surface area (TPSA) is 74.2 Å². The van der Waals surface area contributed by atoms with E-state index in [1.54, 1.807) is 0 Å². The second kappa shape index (κ2) is 5.60. The monoisotopic (exact) mass is 239 g/mol. The van der Waals surface area contributed by atoms with Gasteiger partial charge >= 0.3 is 0 Å². The second-order valence-corrected chi connectivity index (χ2v) is 4.63. The zero-order valence-corrected chi connectivity index (χ0v) is 10.6. The Bertz CT molecular complexity index is 353. The lowest BCUT2D eigenvalue weighted by atomic mass is 10.00. The lowest BCUT2D eigenvalue weighted by molar-refractivity contribution is 0.0953. The Kier molecular flexibility index (Phi) is 4.12. The number of aromatic nitrogens is 2. The molecule has 1 fully saturated rings. The molecule has 1 aromatic heterocycles. The molecule has 1 aliphatic heterocycles. The quantitative estimate of drug-likeness (QED) is 0.845. The molecule has 1 aliphatic rings. The molecule has 1 aromatic rings. The molecule has 0 aromatic carbocycles. The normalized spacial score (nSPS) is 26.3. The lowest BCUT2D eigenvalue weighted by Gasteiger charge is -2.11. The fraction of sp³-hybridized carbons (Fsp3) is 0.833. The van der Waals surface area contributed by atoms with Gasteiger partial charge in [0.25, 0.3) is 0 Å². The van der Waals surface area contributed by atoms with Crippen molar-refractivity contribution < 1.29 is 9.26 Å². The van der Waals surface area contributed by atoms with Gasteiger partial charge in [-0.05, 0) is 19.3 Å². The molecule has 2 heterocycles. The first-order valence-electron chi connectivity index (χ1n) is 6.44. The molecular weight excluding hydrogens is 218 g/mol. The van der Waals surface area contributed by atoms with E-state index in [1.165, 1.54) is 0 Å². The standard InChI is InChI=1S/C12H21N3O2/c1-3-8(13)7-11-14-12(17-15-11)9-5-6-16-10(9)4-2/h8-10H,3-7,13H2,1-2H3. The number of ether oxygens (including phenoxy) is 1.